The molecule has 0 saturated heterocycles. The molecule has 0 radical (unpaired) electrons. The molecule has 16 heavy (non-hydrogen) atoms. The molecule has 0 aromatic carbocycles. The molecule has 82 valence electrons. The van der Waals surface area contributed by atoms with E-state index in [2.05, 4.69) is 16.5 Å². The number of nitrogens with one attached hydrogen (secondary N) is 2. The van der Waals surface area contributed by atoms with Crippen LogP contribution >= 0.6 is 23.6 Å². The van der Waals surface area contributed by atoms with E-state index in [1.807, 2.05) is 19.1 Å². The smallest absolute Gasteiger partial charge is 0.269 e. The van der Waals surface area contributed by atoms with E-state index in [-0.39, 0.29) is 5.56 Å². The summed E-state index contributed by atoms with van der Waals surface area (Å²) in [5.41, 5.74) is 1.72. The third kappa shape index (κ3) is 1.79. The van der Waals surface area contributed by atoms with E-state index in [0.717, 1.165) is 16.0 Å². The third-order valence-corrected chi connectivity index (χ3v) is 3.70. The number of aryl methyl sites for hydroxylation is 1. The maximum absolute atomic E-state index is 11.7. The molecule has 2 rings (SSSR count). The van der Waals surface area contributed by atoms with E-state index in [9.17, 15) is 4.79 Å². The van der Waals surface area contributed by atoms with Gasteiger partial charge >= 0.3 is 0 Å². The van der Waals surface area contributed by atoms with E-state index < -0.39 is 0 Å². The van der Waals surface area contributed by atoms with Gasteiger partial charge in [-0.1, -0.05) is 18.7 Å². The lowest BCUT2D eigenvalue weighted by atomic mass is 10.2. The Morgan fingerprint density at radius 3 is 2.88 bits per heavy atom. The molecule has 2 aromatic heterocycles. The number of hydrogen-bond acceptors (Lipinski definition) is 3. The van der Waals surface area contributed by atoms with Crippen molar-refractivity contribution in [3.8, 4) is 0 Å². The van der Waals surface area contributed by atoms with Gasteiger partial charge in [0.15, 0.2) is 4.77 Å². The summed E-state index contributed by atoms with van der Waals surface area (Å²) >= 11 is 6.39. The molecule has 0 aliphatic carbocycles. The molecule has 0 unspecified atom stereocenters. The van der Waals surface area contributed by atoms with Gasteiger partial charge in [0.25, 0.3) is 5.56 Å². The van der Waals surface area contributed by atoms with Crippen molar-refractivity contribution < 1.29 is 0 Å². The number of allylic oxidation sites excluding steroid dienone is 2. The first-order valence-corrected chi connectivity index (χ1v) is 5.90. The van der Waals surface area contributed by atoms with Gasteiger partial charge in [0.2, 0.25) is 0 Å². The monoisotopic (exact) mass is 250 g/mol. The van der Waals surface area contributed by atoms with E-state index >= 15 is 0 Å². The fourth-order valence-corrected chi connectivity index (χ4v) is 2.73. The van der Waals surface area contributed by atoms with E-state index in [1.54, 1.807) is 6.08 Å². The summed E-state index contributed by atoms with van der Waals surface area (Å²) in [6.07, 6.45) is 5.49. The molecule has 3 nitrogen and oxygen atoms in total. The molecule has 0 bridgehead atoms. The van der Waals surface area contributed by atoms with Gasteiger partial charge in [-0.15, -0.1) is 11.3 Å². The quantitative estimate of drug-likeness (QED) is 0.635. The summed E-state index contributed by atoms with van der Waals surface area (Å²) in [4.78, 5) is 18.3. The van der Waals surface area contributed by atoms with Gasteiger partial charge in [-0.2, -0.15) is 0 Å². The number of aromatic amines is 2. The first-order chi connectivity index (χ1) is 7.63. The Morgan fingerprint density at radius 1 is 1.44 bits per heavy atom. The zero-order chi connectivity index (χ0) is 11.7. The van der Waals surface area contributed by atoms with Gasteiger partial charge in [0.05, 0.1) is 5.52 Å². The predicted octanol–water partition coefficient (Wildman–Crippen LogP) is 3.15. The van der Waals surface area contributed by atoms with Crippen LogP contribution in [-0.4, -0.2) is 9.97 Å². The topological polar surface area (TPSA) is 48.6 Å². The zero-order valence-corrected chi connectivity index (χ0v) is 10.3. The van der Waals surface area contributed by atoms with Crippen molar-refractivity contribution >= 4 is 39.8 Å². The molecular weight excluding hydrogens is 240 g/mol. The van der Waals surface area contributed by atoms with Crippen LogP contribution in [0.25, 0.3) is 16.3 Å². The van der Waals surface area contributed by atoms with Gasteiger partial charge in [0.1, 0.15) is 4.70 Å². The normalized spacial score (nSPS) is 11.3. The standard InChI is InChI=1S/C11H10N2OS2/c1-3-4-5-7-6(2)8-9(16-7)10(14)13-11(15)12-8/h3-5H,1H2,2H3,(H2,12,13,14,15)/b5-4-. The Bertz CT molecular complexity index is 688. The van der Waals surface area contributed by atoms with Gasteiger partial charge in [-0.3, -0.25) is 9.78 Å². The molecule has 0 amide bonds. The van der Waals surface area contributed by atoms with Crippen LogP contribution < -0.4 is 5.56 Å². The van der Waals surface area contributed by atoms with Crippen LogP contribution in [-0.2, 0) is 0 Å². The first-order valence-electron chi connectivity index (χ1n) is 4.68. The second-order valence-electron chi connectivity index (χ2n) is 3.30. The number of aromatic nitrogens is 2. The number of hydrogen-bond donors (Lipinski definition) is 2. The van der Waals surface area contributed by atoms with Crippen molar-refractivity contribution in [2.24, 2.45) is 0 Å². The highest BCUT2D eigenvalue weighted by atomic mass is 32.1. The van der Waals surface area contributed by atoms with Crippen molar-refractivity contribution in [3.05, 3.63) is 44.3 Å². The first kappa shape index (κ1) is 11.0. The van der Waals surface area contributed by atoms with Crippen molar-refractivity contribution in [3.63, 3.8) is 0 Å². The predicted molar refractivity (Wildman–Crippen MR) is 71.6 cm³/mol. The number of rotatable bonds is 2. The minimum atomic E-state index is -0.134. The summed E-state index contributed by atoms with van der Waals surface area (Å²) in [6, 6.07) is 0. The molecule has 0 atom stereocenters. The van der Waals surface area contributed by atoms with E-state index in [0.29, 0.717) is 9.47 Å². The molecule has 0 fully saturated rings. The van der Waals surface area contributed by atoms with E-state index in [1.165, 1.54) is 11.3 Å². The summed E-state index contributed by atoms with van der Waals surface area (Å²) in [6.45, 7) is 5.58. The molecule has 0 aliphatic heterocycles. The fourth-order valence-electron chi connectivity index (χ4n) is 1.46. The molecule has 2 N–H and O–H groups in total. The highest BCUT2D eigenvalue weighted by molar-refractivity contribution is 7.71. The zero-order valence-electron chi connectivity index (χ0n) is 8.66. The van der Waals surface area contributed by atoms with Crippen LogP contribution in [0.1, 0.15) is 10.4 Å². The molecule has 5 heteroatoms. The number of H-pyrrole nitrogens is 2. The molecular formula is C11H10N2OS2. The Balaban J connectivity index is 2.82. The summed E-state index contributed by atoms with van der Waals surface area (Å²) in [7, 11) is 0. The van der Waals surface area contributed by atoms with Crippen molar-refractivity contribution in [1.29, 1.82) is 0 Å². The Kier molecular flexibility index (Phi) is 2.89. The number of fused-ring (bicyclic) bond motifs is 1. The molecule has 0 aliphatic rings. The van der Waals surface area contributed by atoms with Gasteiger partial charge < -0.3 is 4.98 Å². The number of thiophene rings is 1. The highest BCUT2D eigenvalue weighted by Gasteiger charge is 2.09. The average Bonchev–Trinajstić information content (AvgIpc) is 2.54. The fraction of sp³-hybridized carbons (Fsp3) is 0.0909. The van der Waals surface area contributed by atoms with Crippen molar-refractivity contribution in [1.82, 2.24) is 9.97 Å². The minimum absolute atomic E-state index is 0.134. The second-order valence-corrected chi connectivity index (χ2v) is 4.76. The second kappa shape index (κ2) is 4.19. The van der Waals surface area contributed by atoms with Crippen molar-refractivity contribution in [2.75, 3.05) is 0 Å². The minimum Gasteiger partial charge on any atom is -0.331 e. The highest BCUT2D eigenvalue weighted by Crippen LogP contribution is 2.27. The maximum atomic E-state index is 11.7. The molecule has 2 heterocycles. The van der Waals surface area contributed by atoms with Gasteiger partial charge in [0, 0.05) is 4.88 Å². The lowest BCUT2D eigenvalue weighted by Crippen LogP contribution is -2.05. The molecule has 2 aromatic rings. The lowest BCUT2D eigenvalue weighted by Gasteiger charge is -1.91. The van der Waals surface area contributed by atoms with E-state index in [4.69, 9.17) is 12.2 Å². The van der Waals surface area contributed by atoms with Crippen molar-refractivity contribution in [2.45, 2.75) is 6.92 Å². The van der Waals surface area contributed by atoms with Crippen LogP contribution in [0.5, 0.6) is 0 Å². The summed E-state index contributed by atoms with van der Waals surface area (Å²) in [5, 5.41) is 0. The molecule has 0 saturated carbocycles. The van der Waals surface area contributed by atoms with Crippen LogP contribution in [0, 0.1) is 11.7 Å². The Hall–Kier alpha value is -1.46. The Morgan fingerprint density at radius 2 is 2.19 bits per heavy atom. The summed E-state index contributed by atoms with van der Waals surface area (Å²) in [5.74, 6) is 0. The van der Waals surface area contributed by atoms with Crippen LogP contribution in [0.4, 0.5) is 0 Å². The van der Waals surface area contributed by atoms with Crippen LogP contribution in [0.3, 0.4) is 0 Å². The summed E-state index contributed by atoms with van der Waals surface area (Å²) < 4.78 is 1.03. The van der Waals surface area contributed by atoms with Gasteiger partial charge in [-0.25, -0.2) is 0 Å². The maximum Gasteiger partial charge on any atom is 0.269 e. The van der Waals surface area contributed by atoms with Crippen LogP contribution in [0.2, 0.25) is 0 Å². The van der Waals surface area contributed by atoms with Gasteiger partial charge in [-0.05, 0) is 30.8 Å². The third-order valence-electron chi connectivity index (χ3n) is 2.24. The molecule has 0 spiro atoms. The average molecular weight is 250 g/mol. The largest absolute Gasteiger partial charge is 0.331 e. The van der Waals surface area contributed by atoms with Crippen LogP contribution in [0.15, 0.2) is 23.5 Å². The Labute approximate surface area is 101 Å². The lowest BCUT2D eigenvalue weighted by molar-refractivity contribution is 1.14. The SMILES string of the molecule is C=C/C=C\c1sc2c(=O)[nH]c(=S)[nH]c2c1C.